The van der Waals surface area contributed by atoms with Crippen molar-refractivity contribution < 1.29 is 4.79 Å². The largest absolute Gasteiger partial charge is 0.349 e. The quantitative estimate of drug-likeness (QED) is 0.848. The summed E-state index contributed by atoms with van der Waals surface area (Å²) >= 11 is 0. The summed E-state index contributed by atoms with van der Waals surface area (Å²) in [5.74, 6) is -0.184. The number of rotatable bonds is 5. The molecule has 0 aliphatic carbocycles. The number of hydrogen-bond acceptors (Lipinski definition) is 4. The van der Waals surface area contributed by atoms with Crippen LogP contribution in [-0.4, -0.2) is 21.9 Å². The molecule has 0 spiro atoms. The molecule has 1 atom stereocenters. The predicted molar refractivity (Wildman–Crippen MR) is 76.7 cm³/mol. The average molecular weight is 270 g/mol. The zero-order valence-electron chi connectivity index (χ0n) is 11.4. The van der Waals surface area contributed by atoms with Gasteiger partial charge < -0.3 is 11.1 Å². The second-order valence-electron chi connectivity index (χ2n) is 4.66. The van der Waals surface area contributed by atoms with Crippen molar-refractivity contribution in [3.63, 3.8) is 0 Å². The van der Waals surface area contributed by atoms with E-state index in [4.69, 9.17) is 5.73 Å². The smallest absolute Gasteiger partial charge is 0.237 e. The summed E-state index contributed by atoms with van der Waals surface area (Å²) < 4.78 is 0. The Kier molecular flexibility index (Phi) is 4.79. The van der Waals surface area contributed by atoms with E-state index >= 15 is 0 Å². The number of benzene rings is 1. The number of nitrogens with two attached hydrogens (primary N) is 1. The van der Waals surface area contributed by atoms with Gasteiger partial charge in [-0.2, -0.15) is 0 Å². The normalized spacial score (nSPS) is 11.9. The third-order valence-electron chi connectivity index (χ3n) is 2.91. The van der Waals surface area contributed by atoms with E-state index < -0.39 is 6.04 Å². The number of carbonyl (C=O) groups is 1. The Labute approximate surface area is 118 Å². The Morgan fingerprint density at radius 1 is 1.25 bits per heavy atom. The van der Waals surface area contributed by atoms with Crippen LogP contribution in [0.1, 0.15) is 17.0 Å². The Hall–Kier alpha value is -2.27. The fourth-order valence-corrected chi connectivity index (χ4v) is 1.78. The molecule has 0 radical (unpaired) electrons. The number of hydrogen-bond donors (Lipinski definition) is 2. The van der Waals surface area contributed by atoms with E-state index in [9.17, 15) is 4.79 Å². The predicted octanol–water partition coefficient (Wildman–Crippen LogP) is 0.971. The van der Waals surface area contributed by atoms with Gasteiger partial charge in [0.25, 0.3) is 0 Å². The van der Waals surface area contributed by atoms with Gasteiger partial charge in [-0.15, -0.1) is 0 Å². The van der Waals surface area contributed by atoms with E-state index in [2.05, 4.69) is 15.3 Å². The Morgan fingerprint density at radius 2 is 2.00 bits per heavy atom. The van der Waals surface area contributed by atoms with Crippen LogP contribution >= 0.6 is 0 Å². The van der Waals surface area contributed by atoms with Gasteiger partial charge in [-0.3, -0.25) is 14.8 Å². The zero-order chi connectivity index (χ0) is 14.4. The standard InChI is InChI=1S/C15H18N4O/c1-11-8-18-13(9-17-11)10-19-15(20)14(16)7-12-5-3-2-4-6-12/h2-6,8-9,14H,7,10,16H2,1H3,(H,19,20)/t14-/m0/s1. The number of aromatic nitrogens is 2. The lowest BCUT2D eigenvalue weighted by Crippen LogP contribution is -2.41. The van der Waals surface area contributed by atoms with Crippen molar-refractivity contribution in [1.29, 1.82) is 0 Å². The van der Waals surface area contributed by atoms with Crippen molar-refractivity contribution in [2.75, 3.05) is 0 Å². The maximum atomic E-state index is 11.9. The first kappa shape index (κ1) is 14.1. The Balaban J connectivity index is 1.83. The molecule has 0 saturated carbocycles. The molecule has 1 heterocycles. The minimum Gasteiger partial charge on any atom is -0.349 e. The first-order chi connectivity index (χ1) is 9.65. The fourth-order valence-electron chi connectivity index (χ4n) is 1.78. The van der Waals surface area contributed by atoms with Crippen molar-refractivity contribution in [1.82, 2.24) is 15.3 Å². The molecule has 1 aromatic heterocycles. The summed E-state index contributed by atoms with van der Waals surface area (Å²) in [7, 11) is 0. The molecule has 5 heteroatoms. The number of nitrogens with zero attached hydrogens (tertiary/aromatic N) is 2. The van der Waals surface area contributed by atoms with Crippen LogP contribution in [0.2, 0.25) is 0 Å². The lowest BCUT2D eigenvalue weighted by Gasteiger charge is -2.12. The molecule has 0 fully saturated rings. The summed E-state index contributed by atoms with van der Waals surface area (Å²) in [5.41, 5.74) is 8.50. The minimum absolute atomic E-state index is 0.184. The number of nitrogens with one attached hydrogen (secondary N) is 1. The maximum Gasteiger partial charge on any atom is 0.237 e. The zero-order valence-corrected chi connectivity index (χ0v) is 11.4. The summed E-state index contributed by atoms with van der Waals surface area (Å²) in [6, 6.07) is 9.15. The highest BCUT2D eigenvalue weighted by Crippen LogP contribution is 2.02. The van der Waals surface area contributed by atoms with Crippen molar-refractivity contribution in [3.8, 4) is 0 Å². The topological polar surface area (TPSA) is 80.9 Å². The van der Waals surface area contributed by atoms with Crippen molar-refractivity contribution in [2.24, 2.45) is 5.73 Å². The fraction of sp³-hybridized carbons (Fsp3) is 0.267. The third kappa shape index (κ3) is 4.13. The van der Waals surface area contributed by atoms with Crippen LogP contribution in [0, 0.1) is 6.92 Å². The third-order valence-corrected chi connectivity index (χ3v) is 2.91. The van der Waals surface area contributed by atoms with Gasteiger partial charge in [-0.05, 0) is 18.9 Å². The van der Waals surface area contributed by atoms with E-state index in [1.807, 2.05) is 37.3 Å². The molecule has 0 aliphatic heterocycles. The molecular weight excluding hydrogens is 252 g/mol. The minimum atomic E-state index is -0.559. The summed E-state index contributed by atoms with van der Waals surface area (Å²) in [4.78, 5) is 20.2. The van der Waals surface area contributed by atoms with Crippen molar-refractivity contribution in [2.45, 2.75) is 25.9 Å². The molecule has 0 bridgehead atoms. The van der Waals surface area contributed by atoms with E-state index in [0.717, 1.165) is 17.0 Å². The van der Waals surface area contributed by atoms with Gasteiger partial charge in [0.2, 0.25) is 5.91 Å². The first-order valence-electron chi connectivity index (χ1n) is 6.50. The molecule has 1 aromatic carbocycles. The van der Waals surface area contributed by atoms with Crippen LogP contribution in [0.3, 0.4) is 0 Å². The van der Waals surface area contributed by atoms with Gasteiger partial charge in [-0.1, -0.05) is 30.3 Å². The van der Waals surface area contributed by atoms with Gasteiger partial charge >= 0.3 is 0 Å². The Morgan fingerprint density at radius 3 is 2.65 bits per heavy atom. The molecule has 1 amide bonds. The maximum absolute atomic E-state index is 11.9. The van der Waals surface area contributed by atoms with Crippen LogP contribution in [0.5, 0.6) is 0 Å². The molecule has 5 nitrogen and oxygen atoms in total. The van der Waals surface area contributed by atoms with Crippen LogP contribution in [0.15, 0.2) is 42.7 Å². The highest BCUT2D eigenvalue weighted by Gasteiger charge is 2.13. The second kappa shape index (κ2) is 6.77. The molecule has 2 rings (SSSR count). The van der Waals surface area contributed by atoms with Crippen molar-refractivity contribution in [3.05, 3.63) is 59.7 Å². The van der Waals surface area contributed by atoms with Crippen LogP contribution in [0.4, 0.5) is 0 Å². The van der Waals surface area contributed by atoms with E-state index in [1.54, 1.807) is 12.4 Å². The molecule has 0 saturated heterocycles. The summed E-state index contributed by atoms with van der Waals surface area (Å²) in [6.07, 6.45) is 3.84. The van der Waals surface area contributed by atoms with Crippen LogP contribution in [0.25, 0.3) is 0 Å². The first-order valence-corrected chi connectivity index (χ1v) is 6.50. The SMILES string of the molecule is Cc1cnc(CNC(=O)[C@@H](N)Cc2ccccc2)cn1. The second-order valence-corrected chi connectivity index (χ2v) is 4.66. The summed E-state index contributed by atoms with van der Waals surface area (Å²) in [5, 5.41) is 2.77. The number of carbonyl (C=O) groups excluding carboxylic acids is 1. The van der Waals surface area contributed by atoms with Gasteiger partial charge in [-0.25, -0.2) is 0 Å². The lowest BCUT2D eigenvalue weighted by atomic mass is 10.1. The molecule has 104 valence electrons. The highest BCUT2D eigenvalue weighted by atomic mass is 16.2. The molecule has 20 heavy (non-hydrogen) atoms. The molecular formula is C15H18N4O. The van der Waals surface area contributed by atoms with Gasteiger partial charge in [0.15, 0.2) is 0 Å². The van der Waals surface area contributed by atoms with Crippen LogP contribution < -0.4 is 11.1 Å². The lowest BCUT2D eigenvalue weighted by molar-refractivity contribution is -0.122. The number of amides is 1. The van der Waals surface area contributed by atoms with Gasteiger partial charge in [0.1, 0.15) is 0 Å². The van der Waals surface area contributed by atoms with E-state index in [1.165, 1.54) is 0 Å². The van der Waals surface area contributed by atoms with Gasteiger partial charge in [0, 0.05) is 6.20 Å². The molecule has 0 unspecified atom stereocenters. The average Bonchev–Trinajstić information content (AvgIpc) is 2.47. The van der Waals surface area contributed by atoms with E-state index in [0.29, 0.717) is 13.0 Å². The van der Waals surface area contributed by atoms with Crippen molar-refractivity contribution >= 4 is 5.91 Å². The van der Waals surface area contributed by atoms with Gasteiger partial charge in [0.05, 0.1) is 30.2 Å². The monoisotopic (exact) mass is 270 g/mol. The molecule has 0 aliphatic rings. The van der Waals surface area contributed by atoms with Crippen LogP contribution in [-0.2, 0) is 17.8 Å². The van der Waals surface area contributed by atoms with E-state index in [-0.39, 0.29) is 5.91 Å². The molecule has 3 N–H and O–H groups in total. The Bertz CT molecular complexity index is 554. The number of aryl methyl sites for hydroxylation is 1. The molecule has 2 aromatic rings. The summed E-state index contributed by atoms with van der Waals surface area (Å²) in [6.45, 7) is 2.21. The highest BCUT2D eigenvalue weighted by molar-refractivity contribution is 5.81.